The summed E-state index contributed by atoms with van der Waals surface area (Å²) in [7, 11) is 5.71. The highest BCUT2D eigenvalue weighted by atomic mass is 16.5. The van der Waals surface area contributed by atoms with E-state index in [9.17, 15) is 5.11 Å². The molecule has 0 aliphatic carbocycles. The van der Waals surface area contributed by atoms with Crippen LogP contribution in [0.15, 0.2) is 18.2 Å². The van der Waals surface area contributed by atoms with Crippen LogP contribution in [0.5, 0.6) is 11.5 Å². The molecule has 0 fully saturated rings. The molecule has 0 saturated heterocycles. The molecule has 0 bridgehead atoms. The van der Waals surface area contributed by atoms with Gasteiger partial charge in [-0.15, -0.1) is 0 Å². The molecule has 2 unspecified atom stereocenters. The normalized spacial score (nSPS) is 14.6. The SMILES string of the molecule is COc1ccc(C(C)NCC(C)N(C)C)c(O)c1. The van der Waals surface area contributed by atoms with Gasteiger partial charge in [0.25, 0.3) is 0 Å². The molecule has 0 saturated carbocycles. The van der Waals surface area contributed by atoms with Gasteiger partial charge in [0.2, 0.25) is 0 Å². The summed E-state index contributed by atoms with van der Waals surface area (Å²) < 4.78 is 5.07. The minimum atomic E-state index is 0.110. The summed E-state index contributed by atoms with van der Waals surface area (Å²) in [5.74, 6) is 0.942. The highest BCUT2D eigenvalue weighted by Crippen LogP contribution is 2.28. The van der Waals surface area contributed by atoms with E-state index in [4.69, 9.17) is 4.74 Å². The Kier molecular flexibility index (Phi) is 5.44. The molecule has 0 radical (unpaired) electrons. The van der Waals surface area contributed by atoms with E-state index in [1.54, 1.807) is 13.2 Å². The second-order valence-electron chi connectivity index (χ2n) is 4.87. The molecule has 0 heterocycles. The van der Waals surface area contributed by atoms with Crippen molar-refractivity contribution in [2.75, 3.05) is 27.7 Å². The fourth-order valence-corrected chi connectivity index (χ4v) is 1.66. The van der Waals surface area contributed by atoms with E-state index in [1.807, 2.05) is 19.1 Å². The lowest BCUT2D eigenvalue weighted by Gasteiger charge is -2.23. The Balaban J connectivity index is 2.64. The fraction of sp³-hybridized carbons (Fsp3) is 0.571. The molecule has 1 rings (SSSR count). The standard InChI is InChI=1S/C14H24N2O2/c1-10(16(3)4)9-15-11(2)13-7-6-12(18-5)8-14(13)17/h6-8,10-11,15,17H,9H2,1-5H3. The van der Waals surface area contributed by atoms with Crippen molar-refractivity contribution in [2.45, 2.75) is 25.9 Å². The topological polar surface area (TPSA) is 44.7 Å². The first-order valence-electron chi connectivity index (χ1n) is 6.22. The molecule has 2 N–H and O–H groups in total. The van der Waals surface area contributed by atoms with Gasteiger partial charge in [-0.1, -0.05) is 6.07 Å². The molecule has 0 aliphatic heterocycles. The number of hydrogen-bond acceptors (Lipinski definition) is 4. The summed E-state index contributed by atoms with van der Waals surface area (Å²) in [6, 6.07) is 5.96. The maximum atomic E-state index is 9.94. The molecule has 0 aromatic heterocycles. The first kappa shape index (κ1) is 14.8. The van der Waals surface area contributed by atoms with Gasteiger partial charge in [0.15, 0.2) is 0 Å². The van der Waals surface area contributed by atoms with E-state index in [-0.39, 0.29) is 11.8 Å². The van der Waals surface area contributed by atoms with Crippen molar-refractivity contribution < 1.29 is 9.84 Å². The summed E-state index contributed by atoms with van der Waals surface area (Å²) in [6.45, 7) is 5.08. The Hall–Kier alpha value is -1.26. The maximum absolute atomic E-state index is 9.94. The third kappa shape index (κ3) is 3.89. The molecule has 1 aromatic rings. The van der Waals surface area contributed by atoms with E-state index in [0.717, 1.165) is 12.1 Å². The maximum Gasteiger partial charge on any atom is 0.124 e. The Labute approximate surface area is 110 Å². The molecule has 102 valence electrons. The first-order valence-corrected chi connectivity index (χ1v) is 6.22. The predicted molar refractivity (Wildman–Crippen MR) is 74.2 cm³/mol. The number of phenols is 1. The van der Waals surface area contributed by atoms with Gasteiger partial charge >= 0.3 is 0 Å². The molecule has 4 heteroatoms. The number of methoxy groups -OCH3 is 1. The van der Waals surface area contributed by atoms with Gasteiger partial charge in [-0.25, -0.2) is 0 Å². The number of hydrogen-bond donors (Lipinski definition) is 2. The van der Waals surface area contributed by atoms with Gasteiger partial charge in [-0.2, -0.15) is 0 Å². The van der Waals surface area contributed by atoms with E-state index in [1.165, 1.54) is 0 Å². The molecule has 0 aliphatic rings. The smallest absolute Gasteiger partial charge is 0.124 e. The van der Waals surface area contributed by atoms with Gasteiger partial charge < -0.3 is 20.1 Å². The Bertz CT molecular complexity index is 380. The van der Waals surface area contributed by atoms with Crippen LogP contribution in [0.4, 0.5) is 0 Å². The summed E-state index contributed by atoms with van der Waals surface area (Å²) in [5, 5.41) is 13.4. The number of ether oxygens (including phenoxy) is 1. The van der Waals surface area contributed by atoms with Crippen molar-refractivity contribution in [3.8, 4) is 11.5 Å². The van der Waals surface area contributed by atoms with Gasteiger partial charge in [0.1, 0.15) is 11.5 Å². The van der Waals surface area contributed by atoms with E-state index in [2.05, 4.69) is 31.2 Å². The molecule has 18 heavy (non-hydrogen) atoms. The Morgan fingerprint density at radius 2 is 2.00 bits per heavy atom. The lowest BCUT2D eigenvalue weighted by Crippen LogP contribution is -2.36. The summed E-state index contributed by atoms with van der Waals surface area (Å²) >= 11 is 0. The highest BCUT2D eigenvalue weighted by Gasteiger charge is 2.12. The lowest BCUT2D eigenvalue weighted by atomic mass is 10.1. The molecule has 2 atom stereocenters. The zero-order valence-corrected chi connectivity index (χ0v) is 11.9. The van der Waals surface area contributed by atoms with Crippen LogP contribution in [0, 0.1) is 0 Å². The number of phenolic OH excluding ortho intramolecular Hbond substituents is 1. The van der Waals surface area contributed by atoms with E-state index in [0.29, 0.717) is 11.8 Å². The zero-order valence-electron chi connectivity index (χ0n) is 11.9. The average molecular weight is 252 g/mol. The van der Waals surface area contributed by atoms with E-state index < -0.39 is 0 Å². The van der Waals surface area contributed by atoms with Crippen molar-refractivity contribution in [2.24, 2.45) is 0 Å². The van der Waals surface area contributed by atoms with Crippen LogP contribution in [0.2, 0.25) is 0 Å². The van der Waals surface area contributed by atoms with E-state index >= 15 is 0 Å². The number of likely N-dealkylation sites (N-methyl/N-ethyl adjacent to an activating group) is 1. The van der Waals surface area contributed by atoms with Gasteiger partial charge in [0.05, 0.1) is 7.11 Å². The summed E-state index contributed by atoms with van der Waals surface area (Å²) in [6.07, 6.45) is 0. The predicted octanol–water partition coefficient (Wildman–Crippen LogP) is 2.00. The minimum absolute atomic E-state index is 0.110. The minimum Gasteiger partial charge on any atom is -0.507 e. The quantitative estimate of drug-likeness (QED) is 0.813. The second kappa shape index (κ2) is 6.61. The van der Waals surface area contributed by atoms with Crippen molar-refractivity contribution in [3.05, 3.63) is 23.8 Å². The lowest BCUT2D eigenvalue weighted by molar-refractivity contribution is 0.294. The molecular weight excluding hydrogens is 228 g/mol. The zero-order chi connectivity index (χ0) is 13.7. The van der Waals surface area contributed by atoms with Crippen LogP contribution in [0.25, 0.3) is 0 Å². The number of aromatic hydroxyl groups is 1. The number of rotatable bonds is 6. The highest BCUT2D eigenvalue weighted by molar-refractivity contribution is 5.41. The van der Waals surface area contributed by atoms with Crippen molar-refractivity contribution >= 4 is 0 Å². The van der Waals surface area contributed by atoms with Crippen molar-refractivity contribution in [3.63, 3.8) is 0 Å². The van der Waals surface area contributed by atoms with Crippen LogP contribution < -0.4 is 10.1 Å². The molecule has 0 spiro atoms. The second-order valence-corrected chi connectivity index (χ2v) is 4.87. The number of benzene rings is 1. The molecule has 1 aromatic carbocycles. The summed E-state index contributed by atoms with van der Waals surface area (Å²) in [4.78, 5) is 2.16. The van der Waals surface area contributed by atoms with Crippen LogP contribution in [-0.2, 0) is 0 Å². The summed E-state index contributed by atoms with van der Waals surface area (Å²) in [5.41, 5.74) is 0.891. The van der Waals surface area contributed by atoms with Crippen LogP contribution in [0.1, 0.15) is 25.5 Å². The van der Waals surface area contributed by atoms with Crippen molar-refractivity contribution in [1.82, 2.24) is 10.2 Å². The Morgan fingerprint density at radius 1 is 1.33 bits per heavy atom. The number of nitrogens with zero attached hydrogens (tertiary/aromatic N) is 1. The van der Waals surface area contributed by atoms with Crippen molar-refractivity contribution in [1.29, 1.82) is 0 Å². The van der Waals surface area contributed by atoms with Crippen LogP contribution in [0.3, 0.4) is 0 Å². The third-order valence-electron chi connectivity index (χ3n) is 3.31. The monoisotopic (exact) mass is 252 g/mol. The van der Waals surface area contributed by atoms with Gasteiger partial charge in [0, 0.05) is 30.3 Å². The third-order valence-corrected chi connectivity index (χ3v) is 3.31. The first-order chi connectivity index (χ1) is 8.45. The Morgan fingerprint density at radius 3 is 2.50 bits per heavy atom. The van der Waals surface area contributed by atoms with Gasteiger partial charge in [-0.05, 0) is 34.0 Å². The van der Waals surface area contributed by atoms with Crippen LogP contribution >= 0.6 is 0 Å². The van der Waals surface area contributed by atoms with Gasteiger partial charge in [-0.3, -0.25) is 0 Å². The molecule has 4 nitrogen and oxygen atoms in total. The van der Waals surface area contributed by atoms with Crippen LogP contribution in [-0.4, -0.2) is 43.8 Å². The molecule has 0 amide bonds. The fourth-order valence-electron chi connectivity index (χ4n) is 1.66. The average Bonchev–Trinajstić information content (AvgIpc) is 2.34. The molecular formula is C14H24N2O2. The largest absolute Gasteiger partial charge is 0.507 e. The number of nitrogens with one attached hydrogen (secondary N) is 1.